The molecule has 0 spiro atoms. The third kappa shape index (κ3) is 26.1. The van der Waals surface area contributed by atoms with Gasteiger partial charge in [0.2, 0.25) is 23.6 Å². The summed E-state index contributed by atoms with van der Waals surface area (Å²) in [6.45, 7) is -2.40. The van der Waals surface area contributed by atoms with Gasteiger partial charge in [-0.25, -0.2) is 0 Å². The predicted octanol–water partition coefficient (Wildman–Crippen LogP) is -20.8. The lowest BCUT2D eigenvalue weighted by Gasteiger charge is -2.52. The van der Waals surface area contributed by atoms with E-state index in [1.165, 1.54) is 27.7 Å². The van der Waals surface area contributed by atoms with E-state index in [0.29, 0.717) is 0 Å². The maximum absolute atomic E-state index is 13.7. The van der Waals surface area contributed by atoms with Gasteiger partial charge in [0.25, 0.3) is 0 Å². The number of aliphatic hydroxyl groups is 29. The Kier molecular flexibility index (Phi) is 42.3. The molecule has 0 bridgehead atoms. The van der Waals surface area contributed by atoms with E-state index in [2.05, 4.69) is 21.3 Å². The van der Waals surface area contributed by atoms with Crippen LogP contribution in [0.1, 0.15) is 55.4 Å². The fourth-order valence-corrected chi connectivity index (χ4v) is 19.2. The molecule has 60 heteroatoms. The number of amides is 4. The second-order valence-corrected chi connectivity index (χ2v) is 37.7. The molecule has 0 saturated carbocycles. The molecule has 33 N–H and O–H groups in total. The number of ether oxygens (including phenoxy) is 23. The van der Waals surface area contributed by atoms with Crippen molar-refractivity contribution in [2.75, 3.05) is 79.3 Å². The van der Waals surface area contributed by atoms with Crippen LogP contribution in [0.5, 0.6) is 0 Å². The predicted molar refractivity (Wildman–Crippen MR) is 448 cm³/mol. The van der Waals surface area contributed by atoms with Gasteiger partial charge in [-0.2, -0.15) is 0 Å². The molecule has 0 aromatic heterocycles. The van der Waals surface area contributed by atoms with Gasteiger partial charge in [0, 0.05) is 51.4 Å². The average Bonchev–Trinajstić information content (AvgIpc) is 1.63. The third-order valence-corrected chi connectivity index (χ3v) is 27.8. The first kappa shape index (κ1) is 117. The summed E-state index contributed by atoms with van der Waals surface area (Å²) in [5, 5.41) is 338. The summed E-state index contributed by atoms with van der Waals surface area (Å²) in [5.41, 5.74) is 0. The van der Waals surface area contributed by atoms with Crippen molar-refractivity contribution in [2.45, 2.75) is 393 Å². The summed E-state index contributed by atoms with van der Waals surface area (Å²) in [7, 11) is 0. The van der Waals surface area contributed by atoms with Crippen LogP contribution in [0.25, 0.3) is 0 Å². The maximum atomic E-state index is 13.7. The molecule has 12 saturated heterocycles. The van der Waals surface area contributed by atoms with Gasteiger partial charge < -0.3 is 278 Å². The third-order valence-electron chi connectivity index (χ3n) is 27.8. The van der Waals surface area contributed by atoms with Crippen molar-refractivity contribution in [1.29, 1.82) is 0 Å². The van der Waals surface area contributed by atoms with E-state index < -0.39 is 464 Å². The minimum atomic E-state index is -2.56. The molecule has 12 aliphatic rings. The molecule has 59 atom stereocenters. The van der Waals surface area contributed by atoms with Crippen molar-refractivity contribution < 1.29 is 276 Å². The van der Waals surface area contributed by atoms with E-state index in [9.17, 15) is 167 Å². The Morgan fingerprint density at radius 3 is 0.839 bits per heavy atom. The lowest BCUT2D eigenvalue weighted by Crippen LogP contribution is -2.71. The summed E-state index contributed by atoms with van der Waals surface area (Å²) >= 11 is 0. The Hall–Kier alpha value is -4.20. The molecule has 143 heavy (non-hydrogen) atoms. The van der Waals surface area contributed by atoms with Crippen molar-refractivity contribution in [3.8, 4) is 0 Å². The van der Waals surface area contributed by atoms with Crippen molar-refractivity contribution in [1.82, 2.24) is 21.3 Å². The molecule has 828 valence electrons. The van der Waals surface area contributed by atoms with Gasteiger partial charge in [-0.3, -0.25) is 19.2 Å². The van der Waals surface area contributed by atoms with Crippen molar-refractivity contribution in [2.24, 2.45) is 23.7 Å². The van der Waals surface area contributed by atoms with E-state index in [0.717, 1.165) is 27.7 Å². The molecule has 12 aliphatic heterocycles. The van der Waals surface area contributed by atoms with Crippen molar-refractivity contribution in [3.63, 3.8) is 0 Å². The number of rotatable bonds is 38. The lowest BCUT2D eigenvalue weighted by atomic mass is 9.89. The highest BCUT2D eigenvalue weighted by molar-refractivity contribution is 5.74. The van der Waals surface area contributed by atoms with E-state index in [-0.39, 0.29) is 0 Å². The SMILES string of the molecule is CC(=O)N[C@H]1[C@H](O[C@@H]2[C@@H](O[C@H]3[C@H](O)[C@@H](CO[C@H]4O[C@H](CO)[C@@H](O)[C@H](O)[C@@H]4O)O[C@@H](O[C@H]4[C@H](O)[C@@H](NC(C)=O)[C@H](O[C@H]5[C@H](O)[C@@H](NC(C)=O)C(O)O[C@@H]5CO)O[C@@H]4CO)[C@H]3O[C@@H]3O[C@H](CO)[C@H](O)[C@H]3O)O[C@H](CO)[C@@H](O)[C@@H]2O)O[C@H](CO)[C@@H](O[C@@H]2O[C@H](CO[C@@H]3O[C@H](CO)[C@H](O)[C@H](C)[C@H]3O)[C@H](O)[C@H](O[C@@H]3O[C@H](CO[C@@H]4O[C@H](CO[C@@H]5O[C@H](CO)[C@H](O)[C@H](C)[C@H]5O)[C@H](O)[C@H](C)[C@H]4O)[C@H](O)[C@H](C)[C@H]3O)[C@H]2NC(C)=O)[C@@H]1O. The molecule has 1 unspecified atom stereocenters. The van der Waals surface area contributed by atoms with E-state index >= 15 is 0 Å². The Bertz CT molecular complexity index is 3930. The van der Waals surface area contributed by atoms with Gasteiger partial charge in [-0.15, -0.1) is 0 Å². The van der Waals surface area contributed by atoms with Crippen LogP contribution in [-0.4, -0.2) is 589 Å². The highest BCUT2D eigenvalue weighted by atomic mass is 16.8. The highest BCUT2D eigenvalue weighted by Crippen LogP contribution is 2.44. The second-order valence-electron chi connectivity index (χ2n) is 37.7. The van der Waals surface area contributed by atoms with E-state index in [4.69, 9.17) is 109 Å². The fraction of sp³-hybridized carbons (Fsp3) is 0.952. The van der Waals surface area contributed by atoms with Crippen LogP contribution >= 0.6 is 0 Å². The molecule has 0 aromatic rings. The number of carbonyl (C=O) groups is 4. The first-order valence-electron chi connectivity index (χ1n) is 46.9. The number of nitrogens with one attached hydrogen (secondary N) is 4. The lowest BCUT2D eigenvalue weighted by molar-refractivity contribution is -0.407. The molecule has 12 heterocycles. The van der Waals surface area contributed by atoms with Crippen LogP contribution in [0.15, 0.2) is 0 Å². The monoisotopic (exact) mass is 2090 g/mol. The van der Waals surface area contributed by atoms with Gasteiger partial charge in [0.05, 0.1) is 104 Å². The van der Waals surface area contributed by atoms with Crippen molar-refractivity contribution >= 4 is 23.6 Å². The molecular formula is C83H140N4O56. The normalized spacial score (nSPS) is 50.1. The van der Waals surface area contributed by atoms with E-state index in [1.54, 1.807) is 0 Å². The quantitative estimate of drug-likeness (QED) is 0.0273. The standard InChI is InChI=1S/C83H140N4O56/c1-21-45(100)29(9-88)126-76(49(21)104)121-17-37-47(102)23(3)51(106)78(134-37)122-18-38-48(103)24(4)52(107)80(135-38)140-68-44(87-28(8)99)75(133-39(56(68)111)19-123-77-50(105)22(2)46(101)30(10-89)127-77)138-66-35(15-94)132-74(43(59(66)114)86-27(7)98)142-70-62(117)54(109)32(12-91)130-82(70)141-69-57(112)40(20-124-79-64(119)61(116)53(108)31(11-90)128-79)136-83(71(69)143-81-63(118)55(110)33(13-92)129-81)139-67-36(16-95)131-73(42(60(67)115)85-26(6)97)137-65-34(14-93)125-72(120)41(58(65)113)84-25(5)96/h21-24,29-83,88-95,100-120H,9-20H2,1-8H3,(H,84,96)(H,85,97)(H,86,98)(H,87,99)/t21-,22-,23-,24-,29+,30+,31+,32+,33+,34+,35+,36+,37+,38+,39+,40+,41+,42+,43+,44+,45+,46+,47+,48+,49+,50+,51+,52+,53+,54+,55-,56-,57+,58+,59+,60+,61-,62-,63+,64-,65+,66+,67+,68+,69-,70-,71-,72?,73-,74-,75-,76+,77+,78+,79-,80-,81-,82+,83-/m0/s1. The zero-order valence-corrected chi connectivity index (χ0v) is 78.5. The van der Waals surface area contributed by atoms with E-state index in [1.807, 2.05) is 0 Å². The van der Waals surface area contributed by atoms with Gasteiger partial charge in [0.15, 0.2) is 75.5 Å². The molecule has 12 rings (SSSR count). The summed E-state index contributed by atoms with van der Waals surface area (Å²) in [6, 6.07) is -7.83. The molecule has 60 nitrogen and oxygen atoms in total. The minimum absolute atomic E-state index is 0.542. The Morgan fingerprint density at radius 1 is 0.196 bits per heavy atom. The first-order valence-corrected chi connectivity index (χ1v) is 46.9. The number of carbonyl (C=O) groups excluding carboxylic acids is 4. The molecule has 12 fully saturated rings. The number of hydrogen-bond donors (Lipinski definition) is 33. The first-order chi connectivity index (χ1) is 67.7. The Labute approximate surface area is 814 Å². The van der Waals surface area contributed by atoms with Gasteiger partial charge in [0.1, 0.15) is 238 Å². The van der Waals surface area contributed by atoms with Crippen molar-refractivity contribution in [3.05, 3.63) is 0 Å². The summed E-state index contributed by atoms with van der Waals surface area (Å²) in [4.78, 5) is 52.9. The smallest absolute Gasteiger partial charge is 0.217 e. The van der Waals surface area contributed by atoms with Crippen LogP contribution in [0, 0.1) is 23.7 Å². The number of aliphatic hydroxyl groups excluding tert-OH is 29. The zero-order chi connectivity index (χ0) is 105. The highest BCUT2D eigenvalue weighted by Gasteiger charge is 2.63. The maximum Gasteiger partial charge on any atom is 0.217 e. The number of hydrogen-bond acceptors (Lipinski definition) is 56. The van der Waals surface area contributed by atoms with Gasteiger partial charge in [-0.05, 0) is 0 Å². The molecule has 0 aromatic carbocycles. The summed E-state index contributed by atoms with van der Waals surface area (Å²) in [5.74, 6) is -8.12. The topological polar surface area (TPSA) is 915 Å². The minimum Gasteiger partial charge on any atom is -0.394 e. The summed E-state index contributed by atoms with van der Waals surface area (Å²) < 4.78 is 140. The molecular weight excluding hydrogens is 1950 g/mol. The molecule has 0 radical (unpaired) electrons. The Morgan fingerprint density at radius 2 is 0.427 bits per heavy atom. The molecule has 0 aliphatic carbocycles. The van der Waals surface area contributed by atoms with Crippen LogP contribution < -0.4 is 21.3 Å². The van der Waals surface area contributed by atoms with Crippen LogP contribution in [0.4, 0.5) is 0 Å². The fourth-order valence-electron chi connectivity index (χ4n) is 19.2. The van der Waals surface area contributed by atoms with Crippen LogP contribution in [0.3, 0.4) is 0 Å². The average molecular weight is 2090 g/mol. The Balaban J connectivity index is 0.861. The van der Waals surface area contributed by atoms with Gasteiger partial charge >= 0.3 is 0 Å². The molecule has 4 amide bonds. The van der Waals surface area contributed by atoms with Crippen LogP contribution in [-0.2, 0) is 128 Å². The second kappa shape index (κ2) is 51.5. The zero-order valence-electron chi connectivity index (χ0n) is 78.5. The largest absolute Gasteiger partial charge is 0.394 e. The van der Waals surface area contributed by atoms with Crippen LogP contribution in [0.2, 0.25) is 0 Å². The van der Waals surface area contributed by atoms with Gasteiger partial charge in [-0.1, -0.05) is 27.7 Å². The summed E-state index contributed by atoms with van der Waals surface area (Å²) in [6.07, 6.45) is -101.